The van der Waals surface area contributed by atoms with E-state index in [1.807, 2.05) is 6.07 Å². The Morgan fingerprint density at radius 3 is 2.50 bits per heavy atom. The monoisotopic (exact) mass is 271 g/mol. The Morgan fingerprint density at radius 2 is 1.89 bits per heavy atom. The molecule has 0 aliphatic heterocycles. The zero-order chi connectivity index (χ0) is 12.3. The fourth-order valence-electron chi connectivity index (χ4n) is 2.66. The van der Waals surface area contributed by atoms with Gasteiger partial charge in [-0.1, -0.05) is 25.3 Å². The van der Waals surface area contributed by atoms with Gasteiger partial charge >= 0.3 is 0 Å². The number of phenols is 1. The van der Waals surface area contributed by atoms with Crippen molar-refractivity contribution in [2.75, 3.05) is 6.54 Å². The molecule has 1 aromatic carbocycles. The highest BCUT2D eigenvalue weighted by molar-refractivity contribution is 5.85. The number of benzene rings is 1. The summed E-state index contributed by atoms with van der Waals surface area (Å²) in [4.78, 5) is 0. The number of phenolic OH excluding ortho intramolecular Hbond substituents is 1. The summed E-state index contributed by atoms with van der Waals surface area (Å²) in [7, 11) is 0. The molecule has 1 aliphatic rings. The lowest BCUT2D eigenvalue weighted by Gasteiger charge is -2.23. The smallest absolute Gasteiger partial charge is 0.119 e. The van der Waals surface area contributed by atoms with Crippen molar-refractivity contribution in [3.63, 3.8) is 0 Å². The van der Waals surface area contributed by atoms with Gasteiger partial charge in [-0.2, -0.15) is 0 Å². The van der Waals surface area contributed by atoms with Crippen LogP contribution in [0.4, 0.5) is 0 Å². The zero-order valence-corrected chi connectivity index (χ0v) is 11.3. The molecule has 4 heteroatoms. The lowest BCUT2D eigenvalue weighted by atomic mass is 9.83. The van der Waals surface area contributed by atoms with Gasteiger partial charge in [-0.25, -0.2) is 0 Å². The fraction of sp³-hybridized carbons (Fsp3) is 0.571. The molecule has 1 aromatic rings. The van der Waals surface area contributed by atoms with Crippen molar-refractivity contribution in [1.82, 2.24) is 0 Å². The van der Waals surface area contributed by atoms with Gasteiger partial charge in [0.2, 0.25) is 0 Å². The number of aromatic hydroxyl groups is 1. The summed E-state index contributed by atoms with van der Waals surface area (Å²) in [6.45, 7) is 0.217. The lowest BCUT2D eigenvalue weighted by molar-refractivity contribution is 0.186. The summed E-state index contributed by atoms with van der Waals surface area (Å²) in [5.41, 5.74) is 7.25. The van der Waals surface area contributed by atoms with Crippen LogP contribution in [0.5, 0.6) is 5.75 Å². The first kappa shape index (κ1) is 15.3. The largest absolute Gasteiger partial charge is 0.508 e. The van der Waals surface area contributed by atoms with Crippen LogP contribution >= 0.6 is 12.4 Å². The third-order valence-electron chi connectivity index (χ3n) is 3.70. The molecule has 0 aromatic heterocycles. The maximum absolute atomic E-state index is 9.93. The minimum Gasteiger partial charge on any atom is -0.508 e. The number of rotatable bonds is 3. The van der Waals surface area contributed by atoms with E-state index in [-0.39, 0.29) is 19.0 Å². The van der Waals surface area contributed by atoms with Crippen LogP contribution in [0.15, 0.2) is 18.2 Å². The highest BCUT2D eigenvalue weighted by Gasteiger charge is 2.19. The molecule has 18 heavy (non-hydrogen) atoms. The van der Waals surface area contributed by atoms with Crippen molar-refractivity contribution in [3.05, 3.63) is 29.3 Å². The molecule has 0 amide bonds. The molecule has 0 spiro atoms. The lowest BCUT2D eigenvalue weighted by Crippen LogP contribution is -2.12. The van der Waals surface area contributed by atoms with Crippen LogP contribution in [0.25, 0.3) is 0 Å². The molecule has 1 fully saturated rings. The van der Waals surface area contributed by atoms with E-state index in [9.17, 15) is 10.2 Å². The fourth-order valence-corrected chi connectivity index (χ4v) is 2.66. The normalized spacial score (nSPS) is 18.1. The number of halogens is 1. The molecule has 1 aliphatic carbocycles. The molecule has 3 nitrogen and oxygen atoms in total. The van der Waals surface area contributed by atoms with E-state index in [0.717, 1.165) is 24.0 Å². The van der Waals surface area contributed by atoms with Crippen LogP contribution in [-0.2, 0) is 0 Å². The third-order valence-corrected chi connectivity index (χ3v) is 3.70. The van der Waals surface area contributed by atoms with E-state index < -0.39 is 6.10 Å². The third kappa shape index (κ3) is 3.37. The summed E-state index contributed by atoms with van der Waals surface area (Å²) in [5.74, 6) is 0.790. The molecular formula is C14H22ClNO2. The highest BCUT2D eigenvalue weighted by Crippen LogP contribution is 2.38. The summed E-state index contributed by atoms with van der Waals surface area (Å²) in [6.07, 6.45) is 5.40. The van der Waals surface area contributed by atoms with Crippen LogP contribution in [0.3, 0.4) is 0 Å². The Balaban J connectivity index is 0.00000162. The second kappa shape index (κ2) is 6.98. The van der Waals surface area contributed by atoms with E-state index in [0.29, 0.717) is 11.7 Å². The van der Waals surface area contributed by atoms with Crippen molar-refractivity contribution in [2.45, 2.75) is 44.1 Å². The van der Waals surface area contributed by atoms with Crippen molar-refractivity contribution >= 4 is 12.4 Å². The van der Waals surface area contributed by atoms with Crippen molar-refractivity contribution in [1.29, 1.82) is 0 Å². The molecule has 0 bridgehead atoms. The standard InChI is InChI=1S/C14H21NO2.ClH/c15-9-14(17)11-6-7-13(16)12(8-11)10-4-2-1-3-5-10;/h6-8,10,14,16-17H,1-5,9,15H2;1H. The molecule has 2 rings (SSSR count). The molecule has 1 saturated carbocycles. The molecule has 1 atom stereocenters. The van der Waals surface area contributed by atoms with Crippen LogP contribution in [0.2, 0.25) is 0 Å². The van der Waals surface area contributed by atoms with Gasteiger partial charge in [0.25, 0.3) is 0 Å². The Hall–Kier alpha value is -0.770. The summed E-state index contributed by atoms with van der Waals surface area (Å²) in [6, 6.07) is 5.35. The van der Waals surface area contributed by atoms with E-state index in [1.165, 1.54) is 19.3 Å². The molecule has 0 radical (unpaired) electrons. The first-order valence-corrected chi connectivity index (χ1v) is 6.43. The Morgan fingerprint density at radius 1 is 1.22 bits per heavy atom. The number of aliphatic hydroxyl groups is 1. The molecule has 1 unspecified atom stereocenters. The van der Waals surface area contributed by atoms with Gasteiger partial charge in [0.15, 0.2) is 0 Å². The van der Waals surface area contributed by atoms with Crippen LogP contribution in [-0.4, -0.2) is 16.8 Å². The molecular weight excluding hydrogens is 250 g/mol. The maximum atomic E-state index is 9.93. The quantitative estimate of drug-likeness (QED) is 0.792. The zero-order valence-electron chi connectivity index (χ0n) is 10.5. The van der Waals surface area contributed by atoms with Crippen LogP contribution in [0, 0.1) is 0 Å². The van der Waals surface area contributed by atoms with E-state index in [4.69, 9.17) is 5.73 Å². The number of hydrogen-bond donors (Lipinski definition) is 3. The Kier molecular flexibility index (Phi) is 5.93. The molecule has 0 saturated heterocycles. The predicted octanol–water partition coefficient (Wildman–Crippen LogP) is 2.85. The SMILES string of the molecule is Cl.NCC(O)c1ccc(O)c(C2CCCCC2)c1. The topological polar surface area (TPSA) is 66.5 Å². The van der Waals surface area contributed by atoms with Gasteiger partial charge < -0.3 is 15.9 Å². The first-order chi connectivity index (χ1) is 8.22. The molecule has 0 heterocycles. The van der Waals surface area contributed by atoms with E-state index in [1.54, 1.807) is 12.1 Å². The summed E-state index contributed by atoms with van der Waals surface area (Å²) >= 11 is 0. The first-order valence-electron chi connectivity index (χ1n) is 6.43. The van der Waals surface area contributed by atoms with Gasteiger partial charge in [0, 0.05) is 6.54 Å². The number of nitrogens with two attached hydrogens (primary N) is 1. The second-order valence-corrected chi connectivity index (χ2v) is 4.90. The van der Waals surface area contributed by atoms with Crippen LogP contribution < -0.4 is 5.73 Å². The number of hydrogen-bond acceptors (Lipinski definition) is 3. The molecule has 102 valence electrons. The minimum atomic E-state index is -0.627. The van der Waals surface area contributed by atoms with Gasteiger partial charge in [-0.15, -0.1) is 12.4 Å². The van der Waals surface area contributed by atoms with E-state index in [2.05, 4.69) is 0 Å². The van der Waals surface area contributed by atoms with Crippen molar-refractivity contribution < 1.29 is 10.2 Å². The summed E-state index contributed by atoms with van der Waals surface area (Å²) < 4.78 is 0. The predicted molar refractivity (Wildman–Crippen MR) is 75.2 cm³/mol. The Labute approximate surface area is 114 Å². The van der Waals surface area contributed by atoms with E-state index >= 15 is 0 Å². The van der Waals surface area contributed by atoms with Gasteiger partial charge in [0.05, 0.1) is 6.10 Å². The number of aliphatic hydroxyl groups excluding tert-OH is 1. The van der Waals surface area contributed by atoms with Gasteiger partial charge in [-0.3, -0.25) is 0 Å². The van der Waals surface area contributed by atoms with Gasteiger partial charge in [0.1, 0.15) is 5.75 Å². The molecule has 4 N–H and O–H groups in total. The van der Waals surface area contributed by atoms with Crippen molar-refractivity contribution in [3.8, 4) is 5.75 Å². The van der Waals surface area contributed by atoms with Crippen LogP contribution in [0.1, 0.15) is 55.3 Å². The van der Waals surface area contributed by atoms with Gasteiger partial charge in [-0.05, 0) is 42.0 Å². The Bertz CT molecular complexity index is 378. The summed E-state index contributed by atoms with van der Waals surface area (Å²) in [5, 5.41) is 19.7. The highest BCUT2D eigenvalue weighted by atomic mass is 35.5. The minimum absolute atomic E-state index is 0. The average molecular weight is 272 g/mol. The van der Waals surface area contributed by atoms with Crippen molar-refractivity contribution in [2.24, 2.45) is 5.73 Å². The second-order valence-electron chi connectivity index (χ2n) is 4.90. The maximum Gasteiger partial charge on any atom is 0.119 e. The average Bonchev–Trinajstić information content (AvgIpc) is 2.39.